The number of hydrogen-bond donors (Lipinski definition) is 2. The Bertz CT molecular complexity index is 636. The molecule has 122 valence electrons. The highest BCUT2D eigenvalue weighted by Crippen LogP contribution is 2.23. The van der Waals surface area contributed by atoms with Gasteiger partial charge < -0.3 is 10.2 Å². The van der Waals surface area contributed by atoms with E-state index in [1.54, 1.807) is 0 Å². The first-order valence-electron chi connectivity index (χ1n) is 7.17. The van der Waals surface area contributed by atoms with Gasteiger partial charge in [0.05, 0.1) is 12.3 Å². The van der Waals surface area contributed by atoms with E-state index in [1.807, 2.05) is 24.3 Å². The molecule has 0 aromatic heterocycles. The molecular weight excluding hydrogens is 326 g/mol. The highest BCUT2D eigenvalue weighted by atomic mass is 35.5. The summed E-state index contributed by atoms with van der Waals surface area (Å²) in [5.74, 6) is -0.346. The Hall–Kier alpha value is -1.31. The lowest BCUT2D eigenvalue weighted by molar-refractivity contribution is -0.120. The summed E-state index contributed by atoms with van der Waals surface area (Å²) in [6, 6.07) is 7.59. The topological polar surface area (TPSA) is 78.5 Å². The fraction of sp³-hybridized carbons (Fsp3) is 0.500. The molecule has 8 heteroatoms. The Labute approximate surface area is 135 Å². The van der Waals surface area contributed by atoms with E-state index in [9.17, 15) is 13.2 Å². The number of sulfonamides is 1. The molecule has 22 heavy (non-hydrogen) atoms. The van der Waals surface area contributed by atoms with Crippen LogP contribution in [0.3, 0.4) is 0 Å². The lowest BCUT2D eigenvalue weighted by Crippen LogP contribution is -2.43. The molecule has 0 bridgehead atoms. The molecule has 0 aliphatic carbocycles. The molecule has 1 aliphatic rings. The zero-order valence-corrected chi connectivity index (χ0v) is 14.0. The number of anilines is 1. The molecule has 1 aromatic rings. The van der Waals surface area contributed by atoms with Crippen molar-refractivity contribution < 1.29 is 13.2 Å². The van der Waals surface area contributed by atoms with Gasteiger partial charge in [0.15, 0.2) is 0 Å². The van der Waals surface area contributed by atoms with Gasteiger partial charge in [0.1, 0.15) is 0 Å². The first-order valence-corrected chi connectivity index (χ1v) is 9.20. The summed E-state index contributed by atoms with van der Waals surface area (Å²) in [7, 11) is -3.34. The Morgan fingerprint density at radius 1 is 1.45 bits per heavy atom. The Morgan fingerprint density at radius 3 is 2.91 bits per heavy atom. The molecule has 0 spiro atoms. The van der Waals surface area contributed by atoms with Crippen LogP contribution >= 0.6 is 11.6 Å². The molecule has 2 rings (SSSR count). The number of nitrogens with one attached hydrogen (secondary N) is 2. The Morgan fingerprint density at radius 2 is 2.23 bits per heavy atom. The van der Waals surface area contributed by atoms with Gasteiger partial charge in [-0.1, -0.05) is 17.7 Å². The van der Waals surface area contributed by atoms with Crippen molar-refractivity contribution in [1.82, 2.24) is 10.0 Å². The summed E-state index contributed by atoms with van der Waals surface area (Å²) in [4.78, 5) is 13.9. The fourth-order valence-corrected chi connectivity index (χ4v) is 3.08. The lowest BCUT2D eigenvalue weighted by Gasteiger charge is -2.19. The second-order valence-corrected chi connectivity index (χ2v) is 7.74. The molecule has 1 amide bonds. The summed E-state index contributed by atoms with van der Waals surface area (Å²) >= 11 is 5.98. The summed E-state index contributed by atoms with van der Waals surface area (Å²) in [6.45, 7) is 2.82. The maximum atomic E-state index is 11.8. The number of benzene rings is 1. The second kappa shape index (κ2) is 7.30. The van der Waals surface area contributed by atoms with E-state index in [4.69, 9.17) is 11.6 Å². The van der Waals surface area contributed by atoms with Crippen molar-refractivity contribution in [3.8, 4) is 0 Å². The molecule has 1 atom stereocenters. The largest absolute Gasteiger partial charge is 0.369 e. The minimum absolute atomic E-state index is 0.0117. The fourth-order valence-electron chi connectivity index (χ4n) is 2.34. The summed E-state index contributed by atoms with van der Waals surface area (Å²) < 4.78 is 24.9. The van der Waals surface area contributed by atoms with Crippen LogP contribution in [0.5, 0.6) is 0 Å². The molecule has 1 aromatic carbocycles. The number of amides is 1. The van der Waals surface area contributed by atoms with Gasteiger partial charge in [0, 0.05) is 29.8 Å². The summed E-state index contributed by atoms with van der Waals surface area (Å²) in [5, 5.41) is 3.53. The average Bonchev–Trinajstić information content (AvgIpc) is 2.94. The van der Waals surface area contributed by atoms with Crippen LogP contribution in [0.2, 0.25) is 5.02 Å². The number of hydrogen-bond acceptors (Lipinski definition) is 4. The maximum absolute atomic E-state index is 11.8. The van der Waals surface area contributed by atoms with Crippen molar-refractivity contribution in [2.75, 3.05) is 30.3 Å². The van der Waals surface area contributed by atoms with E-state index in [-0.39, 0.29) is 24.2 Å². The number of carbonyl (C=O) groups excluding carboxylic acids is 1. The standard InChI is InChI=1S/C14H20ClN3O3S/c1-2-22(20,21)16-9-14(19)17-12-6-7-18(10-12)13-5-3-4-11(15)8-13/h3-5,8,12,16H,2,6-7,9-10H2,1H3,(H,17,19)/t12-/m0/s1. The normalized spacial score (nSPS) is 18.5. The number of halogens is 1. The van der Waals surface area contributed by atoms with Gasteiger partial charge >= 0.3 is 0 Å². The predicted octanol–water partition coefficient (Wildman–Crippen LogP) is 0.974. The average molecular weight is 346 g/mol. The van der Waals surface area contributed by atoms with E-state index >= 15 is 0 Å². The monoisotopic (exact) mass is 345 g/mol. The molecule has 1 aliphatic heterocycles. The van der Waals surface area contributed by atoms with Crippen LogP contribution in [0.25, 0.3) is 0 Å². The van der Waals surface area contributed by atoms with E-state index in [2.05, 4.69) is 14.9 Å². The second-order valence-electron chi connectivity index (χ2n) is 5.20. The van der Waals surface area contributed by atoms with Crippen molar-refractivity contribution in [1.29, 1.82) is 0 Å². The predicted molar refractivity (Wildman–Crippen MR) is 87.7 cm³/mol. The molecule has 1 heterocycles. The zero-order valence-electron chi connectivity index (χ0n) is 12.4. The van der Waals surface area contributed by atoms with Crippen molar-refractivity contribution in [2.45, 2.75) is 19.4 Å². The molecule has 1 fully saturated rings. The van der Waals surface area contributed by atoms with Crippen LogP contribution in [0.15, 0.2) is 24.3 Å². The minimum atomic E-state index is -3.34. The first kappa shape index (κ1) is 17.1. The van der Waals surface area contributed by atoms with E-state index in [0.29, 0.717) is 11.6 Å². The van der Waals surface area contributed by atoms with Crippen molar-refractivity contribution in [2.24, 2.45) is 0 Å². The van der Waals surface area contributed by atoms with Crippen molar-refractivity contribution in [3.63, 3.8) is 0 Å². The Kier molecular flexibility index (Phi) is 5.66. The summed E-state index contributed by atoms with van der Waals surface area (Å²) in [6.07, 6.45) is 0.818. The third kappa shape index (κ3) is 4.86. The number of carbonyl (C=O) groups is 1. The Balaban J connectivity index is 1.82. The van der Waals surface area contributed by atoms with Crippen LogP contribution in [0.4, 0.5) is 5.69 Å². The van der Waals surface area contributed by atoms with E-state index < -0.39 is 10.0 Å². The van der Waals surface area contributed by atoms with Gasteiger partial charge in [-0.15, -0.1) is 0 Å². The van der Waals surface area contributed by atoms with E-state index in [0.717, 1.165) is 18.7 Å². The SMILES string of the molecule is CCS(=O)(=O)NCC(=O)N[C@H]1CCN(c2cccc(Cl)c2)C1. The van der Waals surface area contributed by atoms with E-state index in [1.165, 1.54) is 6.92 Å². The zero-order chi connectivity index (χ0) is 16.2. The number of nitrogens with zero attached hydrogens (tertiary/aromatic N) is 1. The number of rotatable bonds is 6. The molecule has 0 unspecified atom stereocenters. The quantitative estimate of drug-likeness (QED) is 0.805. The molecule has 1 saturated heterocycles. The van der Waals surface area contributed by atoms with Gasteiger partial charge in [-0.3, -0.25) is 4.79 Å². The van der Waals surface area contributed by atoms with Gasteiger partial charge in [0.25, 0.3) is 0 Å². The molecular formula is C14H20ClN3O3S. The molecule has 0 radical (unpaired) electrons. The minimum Gasteiger partial charge on any atom is -0.369 e. The lowest BCUT2D eigenvalue weighted by atomic mass is 10.2. The third-order valence-electron chi connectivity index (χ3n) is 3.56. The third-order valence-corrected chi connectivity index (χ3v) is 5.14. The van der Waals surface area contributed by atoms with Gasteiger partial charge in [-0.25, -0.2) is 13.1 Å². The highest BCUT2D eigenvalue weighted by molar-refractivity contribution is 7.89. The van der Waals surface area contributed by atoms with Gasteiger partial charge in [-0.2, -0.15) is 0 Å². The van der Waals surface area contributed by atoms with Crippen molar-refractivity contribution >= 4 is 33.2 Å². The van der Waals surface area contributed by atoms with Crippen LogP contribution in [-0.4, -0.2) is 45.8 Å². The summed E-state index contributed by atoms with van der Waals surface area (Å²) in [5.41, 5.74) is 1.02. The molecule has 6 nitrogen and oxygen atoms in total. The van der Waals surface area contributed by atoms with Gasteiger partial charge in [0.2, 0.25) is 15.9 Å². The molecule has 0 saturated carbocycles. The van der Waals surface area contributed by atoms with Crippen LogP contribution in [-0.2, 0) is 14.8 Å². The smallest absolute Gasteiger partial charge is 0.235 e. The maximum Gasteiger partial charge on any atom is 0.235 e. The van der Waals surface area contributed by atoms with Gasteiger partial charge in [-0.05, 0) is 31.5 Å². The van der Waals surface area contributed by atoms with Crippen LogP contribution in [0, 0.1) is 0 Å². The highest BCUT2D eigenvalue weighted by Gasteiger charge is 2.24. The first-order chi connectivity index (χ1) is 10.4. The molecule has 2 N–H and O–H groups in total. The van der Waals surface area contributed by atoms with Crippen molar-refractivity contribution in [3.05, 3.63) is 29.3 Å². The van der Waals surface area contributed by atoms with Crippen LogP contribution < -0.4 is 14.9 Å². The van der Waals surface area contributed by atoms with Crippen LogP contribution in [0.1, 0.15) is 13.3 Å².